The van der Waals surface area contributed by atoms with Crippen LogP contribution in [0.1, 0.15) is 39.5 Å². The van der Waals surface area contributed by atoms with Gasteiger partial charge in [-0.2, -0.15) is 0 Å². The highest BCUT2D eigenvalue weighted by atomic mass is 19.1. The second-order valence-corrected chi connectivity index (χ2v) is 9.90. The molecule has 0 aromatic rings. The number of fused-ring (bicyclic) bond motifs is 7. The Bertz CT molecular complexity index is 925. The largest absolute Gasteiger partial charge is 0.458 e. The molecule has 4 fully saturated rings. The van der Waals surface area contributed by atoms with Crippen LogP contribution in [0.2, 0.25) is 0 Å². The van der Waals surface area contributed by atoms with Gasteiger partial charge < -0.3 is 19.7 Å². The fraction of sp³-hybridized carbons (Fsp3) is 0.652. The van der Waals surface area contributed by atoms with Gasteiger partial charge in [0, 0.05) is 16.7 Å². The standard InChI is InChI=1S/C23H27FO6/c1-12-29-19-9-16-15-5-4-13-8-14(26)6-7-20(13,2)22(15,24)17(27)10-21(16,3)23(19,30-12)18(28)11-25/h6-8,15-17,19,25,27H,1,4-5,9-11H2,2-3H3/t15-,16-,17-,19+,20-,21-,22-,23+/m0/s1. The number of alkyl halides is 1. The number of aliphatic hydroxyl groups is 2. The second-order valence-electron chi connectivity index (χ2n) is 9.90. The van der Waals surface area contributed by atoms with Crippen LogP contribution in [0.4, 0.5) is 4.39 Å². The fourth-order valence-corrected chi connectivity index (χ4v) is 7.53. The quantitative estimate of drug-likeness (QED) is 0.714. The molecule has 1 heterocycles. The summed E-state index contributed by atoms with van der Waals surface area (Å²) in [6.07, 6.45) is 3.77. The molecule has 1 aliphatic heterocycles. The molecule has 0 bridgehead atoms. The van der Waals surface area contributed by atoms with Gasteiger partial charge in [-0.1, -0.05) is 18.6 Å². The van der Waals surface area contributed by atoms with Crippen molar-refractivity contribution < 1.29 is 33.7 Å². The van der Waals surface area contributed by atoms with Crippen LogP contribution in [-0.4, -0.2) is 51.9 Å². The third kappa shape index (κ3) is 1.96. The summed E-state index contributed by atoms with van der Waals surface area (Å²) in [6.45, 7) is 6.55. The van der Waals surface area contributed by atoms with Crippen LogP contribution in [0.5, 0.6) is 0 Å². The lowest BCUT2D eigenvalue weighted by Crippen LogP contribution is -2.69. The highest BCUT2D eigenvalue weighted by Gasteiger charge is 2.79. The van der Waals surface area contributed by atoms with E-state index >= 15 is 4.39 Å². The van der Waals surface area contributed by atoms with Crippen molar-refractivity contribution in [3.8, 4) is 0 Å². The number of hydrogen-bond acceptors (Lipinski definition) is 6. The number of aliphatic hydroxyl groups excluding tert-OH is 2. The van der Waals surface area contributed by atoms with Crippen LogP contribution in [0.25, 0.3) is 0 Å². The van der Waals surface area contributed by atoms with E-state index in [0.29, 0.717) is 24.8 Å². The van der Waals surface area contributed by atoms with Gasteiger partial charge in [-0.25, -0.2) is 4.39 Å². The third-order valence-electron chi connectivity index (χ3n) is 8.91. The van der Waals surface area contributed by atoms with Crippen molar-refractivity contribution in [2.45, 2.75) is 63.0 Å². The minimum Gasteiger partial charge on any atom is -0.458 e. The SMILES string of the molecule is C=C1O[C@@H]2C[C@H]3[C@@H]4CCC5=CC(=O)C=C[C@]5(C)[C@@]4(F)[C@@H](O)C[C@]3(C)[C@]2(C(=O)CO)O1. The number of allylic oxidation sites excluding steroid dienone is 4. The monoisotopic (exact) mass is 418 g/mol. The van der Waals surface area contributed by atoms with E-state index in [1.807, 2.05) is 6.92 Å². The third-order valence-corrected chi connectivity index (χ3v) is 8.91. The molecule has 8 atom stereocenters. The van der Waals surface area contributed by atoms with E-state index < -0.39 is 52.6 Å². The van der Waals surface area contributed by atoms with Gasteiger partial charge in [0.15, 0.2) is 11.5 Å². The van der Waals surface area contributed by atoms with E-state index in [1.165, 1.54) is 12.2 Å². The Hall–Kier alpha value is -1.99. The summed E-state index contributed by atoms with van der Waals surface area (Å²) in [6, 6.07) is 0. The number of hydrogen-bond donors (Lipinski definition) is 2. The zero-order valence-corrected chi connectivity index (χ0v) is 17.2. The lowest BCUT2D eigenvalue weighted by atomic mass is 9.44. The molecule has 0 aromatic carbocycles. The number of carbonyl (C=O) groups is 2. The number of halogens is 1. The highest BCUT2D eigenvalue weighted by Crippen LogP contribution is 2.71. The summed E-state index contributed by atoms with van der Waals surface area (Å²) in [5.74, 6) is -1.53. The van der Waals surface area contributed by atoms with Crippen molar-refractivity contribution in [3.05, 3.63) is 36.3 Å². The Morgan fingerprint density at radius 3 is 2.80 bits per heavy atom. The number of carbonyl (C=O) groups excluding carboxylic acids is 2. The van der Waals surface area contributed by atoms with E-state index in [4.69, 9.17) is 9.47 Å². The first-order valence-electron chi connectivity index (χ1n) is 10.5. The second kappa shape index (κ2) is 5.82. The van der Waals surface area contributed by atoms with Crippen molar-refractivity contribution in [2.75, 3.05) is 6.61 Å². The van der Waals surface area contributed by atoms with Gasteiger partial charge in [-0.05, 0) is 57.3 Å². The van der Waals surface area contributed by atoms with Crippen LogP contribution >= 0.6 is 0 Å². The average molecular weight is 418 g/mol. The van der Waals surface area contributed by atoms with Crippen LogP contribution in [-0.2, 0) is 19.1 Å². The maximum atomic E-state index is 17.0. The first kappa shape index (κ1) is 19.9. The van der Waals surface area contributed by atoms with Crippen LogP contribution < -0.4 is 0 Å². The Morgan fingerprint density at radius 2 is 2.10 bits per heavy atom. The van der Waals surface area contributed by atoms with Crippen molar-refractivity contribution in [1.82, 2.24) is 0 Å². The predicted molar refractivity (Wildman–Crippen MR) is 104 cm³/mol. The van der Waals surface area contributed by atoms with Gasteiger partial charge in [0.25, 0.3) is 5.95 Å². The number of ether oxygens (including phenoxy) is 2. The molecule has 0 amide bonds. The fourth-order valence-electron chi connectivity index (χ4n) is 7.53. The van der Waals surface area contributed by atoms with Gasteiger partial charge in [-0.3, -0.25) is 9.59 Å². The molecule has 4 aliphatic carbocycles. The smallest absolute Gasteiger partial charge is 0.273 e. The highest BCUT2D eigenvalue weighted by molar-refractivity contribution is 6.01. The summed E-state index contributed by atoms with van der Waals surface area (Å²) in [7, 11) is 0. The molecule has 3 saturated carbocycles. The van der Waals surface area contributed by atoms with Crippen molar-refractivity contribution >= 4 is 11.6 Å². The van der Waals surface area contributed by atoms with Crippen molar-refractivity contribution in [1.29, 1.82) is 0 Å². The van der Waals surface area contributed by atoms with Crippen molar-refractivity contribution in [2.24, 2.45) is 22.7 Å². The first-order valence-corrected chi connectivity index (χ1v) is 10.5. The summed E-state index contributed by atoms with van der Waals surface area (Å²) >= 11 is 0. The van der Waals surface area contributed by atoms with Crippen LogP contribution in [0.3, 0.4) is 0 Å². The Balaban J connectivity index is 1.64. The molecule has 0 spiro atoms. The lowest BCUT2D eigenvalue weighted by molar-refractivity contribution is -0.217. The molecule has 2 N–H and O–H groups in total. The summed E-state index contributed by atoms with van der Waals surface area (Å²) in [5.41, 5.74) is -4.79. The summed E-state index contributed by atoms with van der Waals surface area (Å²) in [4.78, 5) is 24.9. The van der Waals surface area contributed by atoms with E-state index in [9.17, 15) is 19.8 Å². The maximum absolute atomic E-state index is 17.0. The topological polar surface area (TPSA) is 93.1 Å². The van der Waals surface area contributed by atoms with Crippen molar-refractivity contribution in [3.63, 3.8) is 0 Å². The van der Waals surface area contributed by atoms with Gasteiger partial charge >= 0.3 is 0 Å². The Morgan fingerprint density at radius 1 is 1.37 bits per heavy atom. The van der Waals surface area contributed by atoms with E-state index in [0.717, 1.165) is 0 Å². The normalized spacial score (nSPS) is 51.2. The Labute approximate surface area is 174 Å². The average Bonchev–Trinajstić information content (AvgIpc) is 3.14. The summed E-state index contributed by atoms with van der Waals surface area (Å²) < 4.78 is 28.7. The van der Waals surface area contributed by atoms with E-state index in [1.54, 1.807) is 13.0 Å². The summed E-state index contributed by atoms with van der Waals surface area (Å²) in [5, 5.41) is 21.0. The van der Waals surface area contributed by atoms with E-state index in [2.05, 4.69) is 6.58 Å². The number of rotatable bonds is 2. The number of Topliss-reactive ketones (excluding diaryl/α,β-unsaturated/α-hetero) is 1. The minimum absolute atomic E-state index is 0.0163. The van der Waals surface area contributed by atoms with Gasteiger partial charge in [0.1, 0.15) is 12.7 Å². The molecular weight excluding hydrogens is 391 g/mol. The molecule has 0 aromatic heterocycles. The molecule has 1 saturated heterocycles. The van der Waals surface area contributed by atoms with Gasteiger partial charge in [0.05, 0.1) is 6.10 Å². The van der Waals surface area contributed by atoms with Crippen LogP contribution in [0.15, 0.2) is 36.3 Å². The van der Waals surface area contributed by atoms with Gasteiger partial charge in [0.2, 0.25) is 11.4 Å². The molecule has 6 nitrogen and oxygen atoms in total. The predicted octanol–water partition coefficient (Wildman–Crippen LogP) is 2.15. The lowest BCUT2D eigenvalue weighted by Gasteiger charge is -2.62. The molecule has 30 heavy (non-hydrogen) atoms. The number of ketones is 2. The van der Waals surface area contributed by atoms with Crippen LogP contribution in [0, 0.1) is 22.7 Å². The minimum atomic E-state index is -1.99. The molecule has 0 radical (unpaired) electrons. The molecule has 0 unspecified atom stereocenters. The van der Waals surface area contributed by atoms with Gasteiger partial charge in [-0.15, -0.1) is 0 Å². The van der Waals surface area contributed by atoms with E-state index in [-0.39, 0.29) is 24.1 Å². The maximum Gasteiger partial charge on any atom is 0.273 e. The molecule has 5 rings (SSSR count). The molecule has 5 aliphatic rings. The molecule has 7 heteroatoms. The molecule has 162 valence electrons. The zero-order chi connectivity index (χ0) is 21.7. The first-order chi connectivity index (χ1) is 14.0. The molecular formula is C23H27FO6. The zero-order valence-electron chi connectivity index (χ0n) is 17.2. The Kier molecular flexibility index (Phi) is 3.87.